The lowest BCUT2D eigenvalue weighted by molar-refractivity contribution is -0.122. The lowest BCUT2D eigenvalue weighted by atomic mass is 10.2. The summed E-state index contributed by atoms with van der Waals surface area (Å²) in [4.78, 5) is 23.6. The molecule has 3 rings (SSSR count). The van der Waals surface area contributed by atoms with E-state index in [0.29, 0.717) is 11.3 Å². The minimum absolute atomic E-state index is 0.147. The summed E-state index contributed by atoms with van der Waals surface area (Å²) in [7, 11) is 0. The number of nitrogens with two attached hydrogens (primary N) is 1. The van der Waals surface area contributed by atoms with Crippen LogP contribution < -0.4 is 15.8 Å². The van der Waals surface area contributed by atoms with E-state index in [2.05, 4.69) is 10.4 Å². The van der Waals surface area contributed by atoms with E-state index in [1.54, 1.807) is 36.0 Å². The Balaban J connectivity index is 1.69. The molecule has 0 aliphatic rings. The van der Waals surface area contributed by atoms with Gasteiger partial charge in [0.15, 0.2) is 6.10 Å². The van der Waals surface area contributed by atoms with Crippen molar-refractivity contribution in [1.29, 1.82) is 0 Å². The largest absolute Gasteiger partial charge is 0.462 e. The summed E-state index contributed by atoms with van der Waals surface area (Å²) < 4.78 is 7.16. The van der Waals surface area contributed by atoms with Crippen LogP contribution in [0.3, 0.4) is 0 Å². The first-order chi connectivity index (χ1) is 12.9. The molecule has 3 aromatic rings. The first-order valence-corrected chi connectivity index (χ1v) is 8.50. The van der Waals surface area contributed by atoms with E-state index in [4.69, 9.17) is 22.1 Å². The van der Waals surface area contributed by atoms with Crippen molar-refractivity contribution in [1.82, 2.24) is 9.78 Å². The van der Waals surface area contributed by atoms with Crippen LogP contribution in [-0.2, 0) is 4.79 Å². The molecule has 0 fully saturated rings. The van der Waals surface area contributed by atoms with Gasteiger partial charge < -0.3 is 15.8 Å². The molecule has 0 bridgehead atoms. The van der Waals surface area contributed by atoms with E-state index in [1.165, 1.54) is 6.07 Å². The maximum atomic E-state index is 12.4. The summed E-state index contributed by atoms with van der Waals surface area (Å²) in [6.07, 6.45) is 0.742. The van der Waals surface area contributed by atoms with Crippen molar-refractivity contribution in [3.05, 3.63) is 71.4 Å². The molecule has 2 amide bonds. The lowest BCUT2D eigenvalue weighted by Gasteiger charge is -2.13. The van der Waals surface area contributed by atoms with E-state index < -0.39 is 17.9 Å². The van der Waals surface area contributed by atoms with E-state index in [-0.39, 0.29) is 10.9 Å². The van der Waals surface area contributed by atoms with Gasteiger partial charge in [-0.25, -0.2) is 4.68 Å². The Morgan fingerprint density at radius 2 is 1.93 bits per heavy atom. The van der Waals surface area contributed by atoms with Gasteiger partial charge in [0.05, 0.1) is 11.9 Å². The van der Waals surface area contributed by atoms with Crippen LogP contribution >= 0.6 is 11.6 Å². The van der Waals surface area contributed by atoms with Gasteiger partial charge in [-0.05, 0) is 37.3 Å². The van der Waals surface area contributed by atoms with Crippen LogP contribution in [0.4, 0.5) is 5.69 Å². The second kappa shape index (κ2) is 7.92. The average molecular weight is 385 g/mol. The van der Waals surface area contributed by atoms with Crippen molar-refractivity contribution in [2.24, 2.45) is 5.73 Å². The number of hydrogen-bond acceptors (Lipinski definition) is 4. The molecule has 1 atom stereocenters. The number of nitrogens with zero attached hydrogens (tertiary/aromatic N) is 2. The Labute approximate surface area is 160 Å². The molecule has 0 aliphatic carbocycles. The van der Waals surface area contributed by atoms with Crippen LogP contribution in [0, 0.1) is 0 Å². The van der Waals surface area contributed by atoms with Crippen LogP contribution in [0.15, 0.2) is 60.8 Å². The number of anilines is 1. The first kappa shape index (κ1) is 18.5. The summed E-state index contributed by atoms with van der Waals surface area (Å²) in [5.74, 6) is -0.843. The van der Waals surface area contributed by atoms with Crippen molar-refractivity contribution in [2.45, 2.75) is 13.0 Å². The highest BCUT2D eigenvalue weighted by Gasteiger charge is 2.19. The van der Waals surface area contributed by atoms with Gasteiger partial charge in [-0.15, -0.1) is 5.10 Å². The Kier molecular flexibility index (Phi) is 5.42. The number of aromatic nitrogens is 2. The van der Waals surface area contributed by atoms with Crippen molar-refractivity contribution >= 4 is 29.1 Å². The number of carbonyl (C=O) groups excluding carboxylic acids is 2. The van der Waals surface area contributed by atoms with Gasteiger partial charge in [-0.1, -0.05) is 35.9 Å². The summed E-state index contributed by atoms with van der Waals surface area (Å²) in [5.41, 5.74) is 6.79. The van der Waals surface area contributed by atoms with Crippen LogP contribution in [0.5, 0.6) is 5.88 Å². The van der Waals surface area contributed by atoms with Gasteiger partial charge in [0.1, 0.15) is 5.02 Å². The third-order valence-corrected chi connectivity index (χ3v) is 3.99. The van der Waals surface area contributed by atoms with Gasteiger partial charge in [0, 0.05) is 11.3 Å². The summed E-state index contributed by atoms with van der Waals surface area (Å²) in [6, 6.07) is 15.7. The Morgan fingerprint density at radius 3 is 2.63 bits per heavy atom. The molecule has 3 N–H and O–H groups in total. The highest BCUT2D eigenvalue weighted by atomic mass is 35.5. The molecule has 1 aromatic heterocycles. The number of primary amides is 1. The molecule has 0 aliphatic heterocycles. The van der Waals surface area contributed by atoms with Crippen LogP contribution in [-0.4, -0.2) is 27.7 Å². The predicted molar refractivity (Wildman–Crippen MR) is 102 cm³/mol. The number of rotatable bonds is 6. The lowest BCUT2D eigenvalue weighted by Crippen LogP contribution is -2.30. The predicted octanol–water partition coefficient (Wildman–Crippen LogP) is 3.03. The number of hydrogen-bond donors (Lipinski definition) is 2. The quantitative estimate of drug-likeness (QED) is 0.682. The average Bonchev–Trinajstić information content (AvgIpc) is 3.03. The monoisotopic (exact) mass is 384 g/mol. The van der Waals surface area contributed by atoms with Gasteiger partial charge in [0.2, 0.25) is 5.91 Å². The molecule has 0 saturated carbocycles. The van der Waals surface area contributed by atoms with Crippen LogP contribution in [0.1, 0.15) is 17.3 Å². The number of amides is 2. The molecule has 0 saturated heterocycles. The molecule has 27 heavy (non-hydrogen) atoms. The molecule has 1 heterocycles. The molecule has 0 spiro atoms. The van der Waals surface area contributed by atoms with Gasteiger partial charge in [-0.3, -0.25) is 9.59 Å². The molecule has 0 radical (unpaired) electrons. The maximum Gasteiger partial charge on any atom is 0.265 e. The van der Waals surface area contributed by atoms with Crippen molar-refractivity contribution in [3.63, 3.8) is 0 Å². The minimum atomic E-state index is -0.862. The Morgan fingerprint density at radius 1 is 1.19 bits per heavy atom. The summed E-state index contributed by atoms with van der Waals surface area (Å²) >= 11 is 6.17. The molecule has 8 heteroatoms. The van der Waals surface area contributed by atoms with Crippen molar-refractivity contribution in [2.75, 3.05) is 5.32 Å². The van der Waals surface area contributed by atoms with Gasteiger partial charge in [-0.2, -0.15) is 0 Å². The first-order valence-electron chi connectivity index (χ1n) is 8.12. The number of para-hydroxylation sites is 1. The molecular weight excluding hydrogens is 368 g/mol. The van der Waals surface area contributed by atoms with Gasteiger partial charge in [0.25, 0.3) is 11.8 Å². The Hall–Kier alpha value is -3.32. The fourth-order valence-electron chi connectivity index (χ4n) is 2.34. The maximum absolute atomic E-state index is 12.4. The van der Waals surface area contributed by atoms with Crippen LogP contribution in [0.25, 0.3) is 5.69 Å². The SMILES string of the molecule is C[C@H](Oc1nn(-c2ccccc2)cc1Cl)C(=O)Nc1cccc(C(N)=O)c1. The Bertz CT molecular complexity index is 972. The smallest absolute Gasteiger partial charge is 0.265 e. The van der Waals surface area contributed by atoms with E-state index in [1.807, 2.05) is 30.3 Å². The van der Waals surface area contributed by atoms with E-state index in [9.17, 15) is 9.59 Å². The zero-order valence-corrected chi connectivity index (χ0v) is 15.2. The fourth-order valence-corrected chi connectivity index (χ4v) is 2.52. The van der Waals surface area contributed by atoms with E-state index >= 15 is 0 Å². The number of ether oxygens (including phenoxy) is 1. The molecule has 2 aromatic carbocycles. The number of halogens is 1. The number of carbonyl (C=O) groups is 2. The molecule has 7 nitrogen and oxygen atoms in total. The second-order valence-corrected chi connectivity index (χ2v) is 6.16. The summed E-state index contributed by atoms with van der Waals surface area (Å²) in [6.45, 7) is 1.57. The standard InChI is InChI=1S/C19H17ClN4O3/c1-12(18(26)22-14-7-5-6-13(10-14)17(21)25)27-19-16(20)11-24(23-19)15-8-3-2-4-9-15/h2-12H,1H3,(H2,21,25)(H,22,26)/t12-/m0/s1. The third kappa shape index (κ3) is 4.45. The third-order valence-electron chi connectivity index (χ3n) is 3.73. The number of benzene rings is 2. The number of nitrogens with one attached hydrogen (secondary N) is 1. The zero-order chi connectivity index (χ0) is 19.4. The minimum Gasteiger partial charge on any atom is -0.462 e. The van der Waals surface area contributed by atoms with Gasteiger partial charge >= 0.3 is 0 Å². The zero-order valence-electron chi connectivity index (χ0n) is 14.4. The van der Waals surface area contributed by atoms with E-state index in [0.717, 1.165) is 5.69 Å². The second-order valence-electron chi connectivity index (χ2n) is 5.76. The molecule has 138 valence electrons. The highest BCUT2D eigenvalue weighted by Crippen LogP contribution is 2.25. The van der Waals surface area contributed by atoms with Crippen molar-refractivity contribution in [3.8, 4) is 11.6 Å². The molecular formula is C19H17ClN4O3. The fraction of sp³-hybridized carbons (Fsp3) is 0.105. The normalized spacial score (nSPS) is 11.6. The van der Waals surface area contributed by atoms with Crippen LogP contribution in [0.2, 0.25) is 5.02 Å². The topological polar surface area (TPSA) is 99.2 Å². The highest BCUT2D eigenvalue weighted by molar-refractivity contribution is 6.31. The summed E-state index contributed by atoms with van der Waals surface area (Å²) in [5, 5.41) is 7.22. The molecule has 0 unspecified atom stereocenters. The van der Waals surface area contributed by atoms with Crippen molar-refractivity contribution < 1.29 is 14.3 Å².